The van der Waals surface area contributed by atoms with Gasteiger partial charge < -0.3 is 9.64 Å². The maximum absolute atomic E-state index is 13.7. The van der Waals surface area contributed by atoms with Crippen molar-refractivity contribution in [2.45, 2.75) is 37.6 Å². The smallest absolute Gasteiger partial charge is 0.416 e. The molecule has 1 fully saturated rings. The summed E-state index contributed by atoms with van der Waals surface area (Å²) < 4.78 is 43.9. The number of alkyl halides is 4. The average molecular weight is 469 g/mol. The topological polar surface area (TPSA) is 49.9 Å². The second kappa shape index (κ2) is 9.50. The number of hydrogen-bond acceptors (Lipinski definition) is 4. The summed E-state index contributed by atoms with van der Waals surface area (Å²) in [5.41, 5.74) is -1.24. The molecule has 32 heavy (non-hydrogen) atoms. The van der Waals surface area contributed by atoms with Gasteiger partial charge in [-0.3, -0.25) is 9.69 Å². The molecule has 2 atom stereocenters. The normalized spacial score (nSPS) is 20.0. The molecule has 5 nitrogen and oxygen atoms in total. The maximum Gasteiger partial charge on any atom is 0.416 e. The lowest BCUT2D eigenvalue weighted by Crippen LogP contribution is -2.62. The van der Waals surface area contributed by atoms with E-state index in [-0.39, 0.29) is 25.4 Å². The van der Waals surface area contributed by atoms with Crippen LogP contribution in [0.15, 0.2) is 54.6 Å². The fourth-order valence-electron chi connectivity index (χ4n) is 4.05. The number of halogens is 4. The number of anilines is 1. The Bertz CT molecular complexity index is 953. The Kier molecular flexibility index (Phi) is 7.15. The van der Waals surface area contributed by atoms with Gasteiger partial charge in [-0.05, 0) is 36.8 Å². The Morgan fingerprint density at radius 1 is 1.19 bits per heavy atom. The number of benzene rings is 2. The van der Waals surface area contributed by atoms with Gasteiger partial charge in [-0.25, -0.2) is 4.79 Å². The first-order valence-electron chi connectivity index (χ1n) is 10.1. The molecule has 0 bridgehead atoms. The fraction of sp³-hybridized carbons (Fsp3) is 0.391. The van der Waals surface area contributed by atoms with Crippen LogP contribution >= 0.6 is 11.6 Å². The van der Waals surface area contributed by atoms with Crippen LogP contribution in [0.3, 0.4) is 0 Å². The van der Waals surface area contributed by atoms with Crippen molar-refractivity contribution in [3.05, 3.63) is 65.7 Å². The number of carbonyl (C=O) groups excluding carboxylic acids is 2. The molecule has 1 amide bonds. The molecule has 1 saturated heterocycles. The Balaban J connectivity index is 2.00. The zero-order chi connectivity index (χ0) is 23.5. The van der Waals surface area contributed by atoms with Crippen LogP contribution in [-0.2, 0) is 27.0 Å². The Labute approximate surface area is 189 Å². The van der Waals surface area contributed by atoms with Crippen LogP contribution in [0.4, 0.5) is 18.9 Å². The highest BCUT2D eigenvalue weighted by molar-refractivity contribution is 6.19. The van der Waals surface area contributed by atoms with Crippen molar-refractivity contribution in [1.29, 1.82) is 0 Å². The molecule has 2 aromatic carbocycles. The van der Waals surface area contributed by atoms with E-state index in [1.165, 1.54) is 24.1 Å². The minimum atomic E-state index is -4.45. The zero-order valence-corrected chi connectivity index (χ0v) is 18.5. The molecule has 9 heteroatoms. The summed E-state index contributed by atoms with van der Waals surface area (Å²) in [5.74, 6) is -1.05. The van der Waals surface area contributed by atoms with Crippen molar-refractivity contribution >= 4 is 29.2 Å². The highest BCUT2D eigenvalue weighted by Crippen LogP contribution is 2.37. The van der Waals surface area contributed by atoms with Gasteiger partial charge in [0.05, 0.1) is 12.7 Å². The first kappa shape index (κ1) is 24.1. The van der Waals surface area contributed by atoms with Gasteiger partial charge in [0.25, 0.3) is 5.91 Å². The highest BCUT2D eigenvalue weighted by Gasteiger charge is 2.59. The van der Waals surface area contributed by atoms with Crippen molar-refractivity contribution < 1.29 is 27.5 Å². The van der Waals surface area contributed by atoms with Crippen LogP contribution in [0.5, 0.6) is 0 Å². The third-order valence-electron chi connectivity index (χ3n) is 5.77. The summed E-state index contributed by atoms with van der Waals surface area (Å²) in [4.78, 5) is 29.9. The molecule has 0 aromatic heterocycles. The molecule has 0 N–H and O–H groups in total. The van der Waals surface area contributed by atoms with Crippen molar-refractivity contribution in [2.75, 3.05) is 24.4 Å². The summed E-state index contributed by atoms with van der Waals surface area (Å²) in [6.45, 7) is 2.10. The predicted molar refractivity (Wildman–Crippen MR) is 115 cm³/mol. The molecule has 2 unspecified atom stereocenters. The monoisotopic (exact) mass is 468 g/mol. The van der Waals surface area contributed by atoms with E-state index in [2.05, 4.69) is 0 Å². The highest BCUT2D eigenvalue weighted by atomic mass is 35.5. The number of hydrogen-bond donors (Lipinski definition) is 0. The lowest BCUT2D eigenvalue weighted by Gasteiger charge is -2.40. The van der Waals surface area contributed by atoms with Crippen molar-refractivity contribution in [2.24, 2.45) is 0 Å². The van der Waals surface area contributed by atoms with Gasteiger partial charge in [0.15, 0.2) is 0 Å². The first-order chi connectivity index (χ1) is 15.1. The molecule has 0 aliphatic carbocycles. The molecule has 1 heterocycles. The second-order valence-electron chi connectivity index (χ2n) is 7.72. The van der Waals surface area contributed by atoms with E-state index in [4.69, 9.17) is 16.3 Å². The van der Waals surface area contributed by atoms with Crippen LogP contribution in [0.25, 0.3) is 0 Å². The second-order valence-corrected chi connectivity index (χ2v) is 8.03. The summed E-state index contributed by atoms with van der Waals surface area (Å²) in [6, 6.07) is 13.2. The Morgan fingerprint density at radius 3 is 2.34 bits per heavy atom. The first-order valence-corrected chi connectivity index (χ1v) is 10.6. The third kappa shape index (κ3) is 4.47. The fourth-order valence-corrected chi connectivity index (χ4v) is 4.21. The van der Waals surface area contributed by atoms with Gasteiger partial charge >= 0.3 is 12.1 Å². The lowest BCUT2D eigenvalue weighted by molar-refractivity contribution is -0.161. The molecule has 1 aliphatic rings. The minimum absolute atomic E-state index is 0.0511. The summed E-state index contributed by atoms with van der Waals surface area (Å²) in [6.07, 6.45) is -4.29. The van der Waals surface area contributed by atoms with E-state index in [0.29, 0.717) is 11.3 Å². The third-order valence-corrected chi connectivity index (χ3v) is 6.21. The van der Waals surface area contributed by atoms with Crippen LogP contribution in [0.2, 0.25) is 0 Å². The van der Waals surface area contributed by atoms with E-state index in [9.17, 15) is 22.8 Å². The van der Waals surface area contributed by atoms with Crippen molar-refractivity contribution in [3.63, 3.8) is 0 Å². The van der Waals surface area contributed by atoms with E-state index in [0.717, 1.165) is 12.1 Å². The maximum atomic E-state index is 13.7. The van der Waals surface area contributed by atoms with E-state index in [1.807, 2.05) is 6.07 Å². The predicted octanol–water partition coefficient (Wildman–Crippen LogP) is 4.48. The van der Waals surface area contributed by atoms with Crippen LogP contribution in [0.1, 0.15) is 24.5 Å². The lowest BCUT2D eigenvalue weighted by atomic mass is 9.92. The quantitative estimate of drug-likeness (QED) is 0.341. The van der Waals surface area contributed by atoms with Gasteiger partial charge in [-0.2, -0.15) is 13.2 Å². The van der Waals surface area contributed by atoms with Gasteiger partial charge in [0, 0.05) is 37.1 Å². The molecular formula is C23H24ClF3N2O3. The number of methoxy groups -OCH3 is 1. The van der Waals surface area contributed by atoms with E-state index in [1.54, 1.807) is 36.1 Å². The molecule has 3 rings (SSSR count). The Morgan fingerprint density at radius 2 is 1.81 bits per heavy atom. The largest absolute Gasteiger partial charge is 0.467 e. The average Bonchev–Trinajstić information content (AvgIpc) is 3.14. The van der Waals surface area contributed by atoms with Gasteiger partial charge in [0.1, 0.15) is 0 Å². The minimum Gasteiger partial charge on any atom is -0.467 e. The van der Waals surface area contributed by atoms with Gasteiger partial charge in [0.2, 0.25) is 5.54 Å². The molecule has 0 spiro atoms. The number of para-hydroxylation sites is 1. The Hall–Kier alpha value is -2.58. The molecule has 172 valence electrons. The number of ether oxygens (including phenoxy) is 1. The number of amides is 1. The number of nitrogens with zero attached hydrogens (tertiary/aromatic N) is 2. The molecular weight excluding hydrogens is 445 g/mol. The van der Waals surface area contributed by atoms with Crippen LogP contribution in [0, 0.1) is 0 Å². The van der Waals surface area contributed by atoms with E-state index < -0.39 is 35.2 Å². The number of esters is 1. The number of rotatable bonds is 7. The van der Waals surface area contributed by atoms with Gasteiger partial charge in [-0.15, -0.1) is 11.6 Å². The van der Waals surface area contributed by atoms with Crippen molar-refractivity contribution in [1.82, 2.24) is 4.90 Å². The van der Waals surface area contributed by atoms with E-state index >= 15 is 0 Å². The molecule has 1 aliphatic heterocycles. The number of carbonyl (C=O) groups is 2. The summed E-state index contributed by atoms with van der Waals surface area (Å²) >= 11 is 6.12. The molecule has 2 aromatic rings. The van der Waals surface area contributed by atoms with Crippen molar-refractivity contribution in [3.8, 4) is 0 Å². The molecule has 0 saturated carbocycles. The zero-order valence-electron chi connectivity index (χ0n) is 17.7. The van der Waals surface area contributed by atoms with Crippen LogP contribution in [-0.4, -0.2) is 47.9 Å². The standard InChI is InChI=1S/C23H24ClF3N2O3/c1-16(14-24)29(15-17-8-10-18(11-9-17)23(25,26)27)22(21(31)32-2)12-13-28(20(22)30)19-6-4-3-5-7-19/h3-11,16H,12-15H2,1-2H3. The molecule has 0 radical (unpaired) electrons. The van der Waals surface area contributed by atoms with Gasteiger partial charge in [-0.1, -0.05) is 30.3 Å². The van der Waals surface area contributed by atoms with Crippen LogP contribution < -0.4 is 4.90 Å². The summed E-state index contributed by atoms with van der Waals surface area (Å²) in [5, 5.41) is 0. The summed E-state index contributed by atoms with van der Waals surface area (Å²) in [7, 11) is 1.21. The SMILES string of the molecule is COC(=O)C1(N(Cc2ccc(C(F)(F)F)cc2)C(C)CCl)CCN(c2ccccc2)C1=O.